The summed E-state index contributed by atoms with van der Waals surface area (Å²) < 4.78 is 5.08. The molecular weight excluding hydrogens is 252 g/mol. The summed E-state index contributed by atoms with van der Waals surface area (Å²) in [5, 5.41) is 2.99. The molecule has 0 fully saturated rings. The third kappa shape index (κ3) is 6.57. The number of nitrogens with two attached hydrogens (primary N) is 1. The summed E-state index contributed by atoms with van der Waals surface area (Å²) in [6, 6.07) is 7.65. The van der Waals surface area contributed by atoms with Gasteiger partial charge in [0, 0.05) is 32.4 Å². The predicted octanol–water partition coefficient (Wildman–Crippen LogP) is 2.38. The van der Waals surface area contributed by atoms with Crippen molar-refractivity contribution in [2.24, 2.45) is 5.41 Å². The second kappa shape index (κ2) is 7.90. The molecule has 1 amide bonds. The average molecular weight is 278 g/mol. The predicted molar refractivity (Wildman–Crippen MR) is 82.5 cm³/mol. The molecule has 112 valence electrons. The Kier molecular flexibility index (Phi) is 6.52. The number of hydrogen-bond donors (Lipinski definition) is 2. The van der Waals surface area contributed by atoms with Crippen LogP contribution >= 0.6 is 0 Å². The van der Waals surface area contributed by atoms with Crippen molar-refractivity contribution < 1.29 is 9.53 Å². The molecule has 0 heterocycles. The summed E-state index contributed by atoms with van der Waals surface area (Å²) in [4.78, 5) is 11.8. The quantitative estimate of drug-likeness (QED) is 0.718. The normalized spacial score (nSPS) is 11.3. The number of anilines is 1. The van der Waals surface area contributed by atoms with E-state index in [4.69, 9.17) is 10.5 Å². The van der Waals surface area contributed by atoms with Crippen molar-refractivity contribution in [3.05, 3.63) is 29.8 Å². The van der Waals surface area contributed by atoms with Gasteiger partial charge in [-0.2, -0.15) is 0 Å². The smallest absolute Gasteiger partial charge is 0.220 e. The van der Waals surface area contributed by atoms with E-state index in [0.717, 1.165) is 24.1 Å². The van der Waals surface area contributed by atoms with Crippen LogP contribution in [0.1, 0.15) is 32.3 Å². The largest absolute Gasteiger partial charge is 0.399 e. The molecule has 20 heavy (non-hydrogen) atoms. The summed E-state index contributed by atoms with van der Waals surface area (Å²) in [7, 11) is 1.70. The molecule has 0 aliphatic carbocycles. The molecular formula is C16H26N2O2. The van der Waals surface area contributed by atoms with Gasteiger partial charge >= 0.3 is 0 Å². The van der Waals surface area contributed by atoms with Gasteiger partial charge in [-0.15, -0.1) is 0 Å². The van der Waals surface area contributed by atoms with E-state index in [9.17, 15) is 4.79 Å². The molecule has 0 spiro atoms. The van der Waals surface area contributed by atoms with E-state index in [1.54, 1.807) is 7.11 Å². The van der Waals surface area contributed by atoms with Crippen LogP contribution in [0.2, 0.25) is 0 Å². The third-order valence-electron chi connectivity index (χ3n) is 3.37. The molecule has 0 saturated carbocycles. The maximum atomic E-state index is 11.8. The highest BCUT2D eigenvalue weighted by Crippen LogP contribution is 2.18. The van der Waals surface area contributed by atoms with Gasteiger partial charge in [-0.3, -0.25) is 4.79 Å². The van der Waals surface area contributed by atoms with Crippen molar-refractivity contribution in [2.75, 3.05) is 26.0 Å². The summed E-state index contributed by atoms with van der Waals surface area (Å²) in [5.74, 6) is 0.0901. The first-order valence-electron chi connectivity index (χ1n) is 7.03. The summed E-state index contributed by atoms with van der Waals surface area (Å²) in [6.07, 6.45) is 2.18. The van der Waals surface area contributed by atoms with Crippen LogP contribution in [0.15, 0.2) is 24.3 Å². The Morgan fingerprint density at radius 1 is 1.30 bits per heavy atom. The van der Waals surface area contributed by atoms with Gasteiger partial charge < -0.3 is 15.8 Å². The van der Waals surface area contributed by atoms with Crippen LogP contribution < -0.4 is 11.1 Å². The second-order valence-corrected chi connectivity index (χ2v) is 5.93. The molecule has 1 rings (SSSR count). The van der Waals surface area contributed by atoms with Crippen molar-refractivity contribution in [1.29, 1.82) is 0 Å². The Morgan fingerprint density at radius 3 is 2.55 bits per heavy atom. The number of rotatable bonds is 8. The monoisotopic (exact) mass is 278 g/mol. The van der Waals surface area contributed by atoms with E-state index in [1.165, 1.54) is 0 Å². The zero-order valence-electron chi connectivity index (χ0n) is 12.7. The minimum Gasteiger partial charge on any atom is -0.399 e. The van der Waals surface area contributed by atoms with E-state index < -0.39 is 0 Å². The first kappa shape index (κ1) is 16.5. The van der Waals surface area contributed by atoms with Crippen LogP contribution in [0.25, 0.3) is 0 Å². The van der Waals surface area contributed by atoms with Crippen molar-refractivity contribution in [3.8, 4) is 0 Å². The molecule has 1 aromatic carbocycles. The number of hydrogen-bond acceptors (Lipinski definition) is 3. The average Bonchev–Trinajstić information content (AvgIpc) is 2.42. The Morgan fingerprint density at radius 2 is 1.95 bits per heavy atom. The highest BCUT2D eigenvalue weighted by molar-refractivity contribution is 5.76. The standard InChI is InChI=1S/C16H26N2O2/c1-16(2,10-11-20-3)12-18-15(19)9-6-13-4-7-14(17)8-5-13/h4-5,7-8H,6,9-12,17H2,1-3H3,(H,18,19). The Bertz CT molecular complexity index is 413. The van der Waals surface area contributed by atoms with Gasteiger partial charge in [-0.1, -0.05) is 26.0 Å². The molecule has 1 aromatic rings. The van der Waals surface area contributed by atoms with Gasteiger partial charge in [-0.25, -0.2) is 0 Å². The Balaban J connectivity index is 2.28. The lowest BCUT2D eigenvalue weighted by atomic mass is 9.89. The summed E-state index contributed by atoms with van der Waals surface area (Å²) >= 11 is 0. The minimum atomic E-state index is 0.0624. The van der Waals surface area contributed by atoms with Crippen LogP contribution in [0.5, 0.6) is 0 Å². The van der Waals surface area contributed by atoms with Crippen molar-refractivity contribution in [2.45, 2.75) is 33.1 Å². The Labute approximate surface area is 121 Å². The number of ether oxygens (including phenoxy) is 1. The van der Waals surface area contributed by atoms with Crippen LogP contribution in [0.4, 0.5) is 5.69 Å². The Hall–Kier alpha value is -1.55. The zero-order valence-corrected chi connectivity index (χ0v) is 12.7. The number of nitrogen functional groups attached to an aromatic ring is 1. The minimum absolute atomic E-state index is 0.0624. The molecule has 3 N–H and O–H groups in total. The van der Waals surface area contributed by atoms with Gasteiger partial charge in [-0.05, 0) is 36.0 Å². The lowest BCUT2D eigenvalue weighted by molar-refractivity contribution is -0.121. The van der Waals surface area contributed by atoms with Crippen LogP contribution in [0.3, 0.4) is 0 Å². The second-order valence-electron chi connectivity index (χ2n) is 5.93. The SMILES string of the molecule is COCCC(C)(C)CNC(=O)CCc1ccc(N)cc1. The highest BCUT2D eigenvalue weighted by atomic mass is 16.5. The van der Waals surface area contributed by atoms with E-state index in [-0.39, 0.29) is 11.3 Å². The van der Waals surface area contributed by atoms with Crippen molar-refractivity contribution in [3.63, 3.8) is 0 Å². The fourth-order valence-electron chi connectivity index (χ4n) is 1.84. The molecule has 0 atom stereocenters. The molecule has 0 saturated heterocycles. The first-order valence-corrected chi connectivity index (χ1v) is 7.03. The number of carbonyl (C=O) groups is 1. The van der Waals surface area contributed by atoms with Crippen LogP contribution in [-0.2, 0) is 16.0 Å². The maximum absolute atomic E-state index is 11.8. The molecule has 0 aliphatic rings. The van der Waals surface area contributed by atoms with Crippen molar-refractivity contribution in [1.82, 2.24) is 5.32 Å². The molecule has 0 unspecified atom stereocenters. The molecule has 4 heteroatoms. The molecule has 4 nitrogen and oxygen atoms in total. The number of carbonyl (C=O) groups excluding carboxylic acids is 1. The fraction of sp³-hybridized carbons (Fsp3) is 0.562. The van der Waals surface area contributed by atoms with Gasteiger partial charge in [0.05, 0.1) is 0 Å². The van der Waals surface area contributed by atoms with E-state index in [1.807, 2.05) is 24.3 Å². The van der Waals surface area contributed by atoms with E-state index in [2.05, 4.69) is 19.2 Å². The first-order chi connectivity index (χ1) is 9.43. The number of methoxy groups -OCH3 is 1. The van der Waals surface area contributed by atoms with Crippen LogP contribution in [0, 0.1) is 5.41 Å². The third-order valence-corrected chi connectivity index (χ3v) is 3.37. The van der Waals surface area contributed by atoms with E-state index >= 15 is 0 Å². The molecule has 0 bridgehead atoms. The zero-order chi connectivity index (χ0) is 15.0. The molecule has 0 radical (unpaired) electrons. The lowest BCUT2D eigenvalue weighted by Gasteiger charge is -2.24. The highest BCUT2D eigenvalue weighted by Gasteiger charge is 2.18. The van der Waals surface area contributed by atoms with Crippen molar-refractivity contribution >= 4 is 11.6 Å². The summed E-state index contributed by atoms with van der Waals surface area (Å²) in [5.41, 5.74) is 7.57. The number of amides is 1. The van der Waals surface area contributed by atoms with Gasteiger partial charge in [0.25, 0.3) is 0 Å². The van der Waals surface area contributed by atoms with E-state index in [0.29, 0.717) is 19.6 Å². The number of aryl methyl sites for hydroxylation is 1. The molecule has 0 aromatic heterocycles. The molecule has 0 aliphatic heterocycles. The van der Waals surface area contributed by atoms with Gasteiger partial charge in [0.15, 0.2) is 0 Å². The van der Waals surface area contributed by atoms with Gasteiger partial charge in [0.2, 0.25) is 5.91 Å². The number of benzene rings is 1. The van der Waals surface area contributed by atoms with Gasteiger partial charge in [0.1, 0.15) is 0 Å². The topological polar surface area (TPSA) is 64.3 Å². The number of nitrogens with one attached hydrogen (secondary N) is 1. The fourth-order valence-corrected chi connectivity index (χ4v) is 1.84. The van der Waals surface area contributed by atoms with Crippen LogP contribution in [-0.4, -0.2) is 26.2 Å². The summed E-state index contributed by atoms with van der Waals surface area (Å²) in [6.45, 7) is 5.66. The lowest BCUT2D eigenvalue weighted by Crippen LogP contribution is -2.34. The maximum Gasteiger partial charge on any atom is 0.220 e.